The topological polar surface area (TPSA) is 104 Å². The Labute approximate surface area is 131 Å². The molecule has 0 saturated heterocycles. The lowest BCUT2D eigenvalue weighted by atomic mass is 10.2. The molecule has 8 nitrogen and oxygen atoms in total. The van der Waals surface area contributed by atoms with Gasteiger partial charge in [-0.2, -0.15) is 0 Å². The van der Waals surface area contributed by atoms with E-state index in [2.05, 4.69) is 25.5 Å². The molecule has 0 unspecified atom stereocenters. The minimum absolute atomic E-state index is 0.0676. The summed E-state index contributed by atoms with van der Waals surface area (Å²) in [5.41, 5.74) is 0.622. The van der Waals surface area contributed by atoms with Gasteiger partial charge in [-0.25, -0.2) is 23.1 Å². The molecule has 0 radical (unpaired) electrons. The summed E-state index contributed by atoms with van der Waals surface area (Å²) in [5, 5.41) is 11.2. The predicted octanol–water partition coefficient (Wildman–Crippen LogP) is 1.01. The molecule has 22 heavy (non-hydrogen) atoms. The van der Waals surface area contributed by atoms with Gasteiger partial charge < -0.3 is 0 Å². The SMILES string of the molecule is Cn1nnnc1CCCCS(=O)(=O)c1nc2cccnc2s1. The Kier molecular flexibility index (Phi) is 4.12. The Balaban J connectivity index is 1.62. The summed E-state index contributed by atoms with van der Waals surface area (Å²) in [6.07, 6.45) is 3.53. The Morgan fingerprint density at radius 3 is 2.91 bits per heavy atom. The molecule has 3 rings (SSSR count). The van der Waals surface area contributed by atoms with Gasteiger partial charge in [-0.15, -0.1) is 5.10 Å². The molecule has 3 heterocycles. The summed E-state index contributed by atoms with van der Waals surface area (Å²) in [6, 6.07) is 3.51. The lowest BCUT2D eigenvalue weighted by Gasteiger charge is -2.00. The highest BCUT2D eigenvalue weighted by Crippen LogP contribution is 2.24. The number of aryl methyl sites for hydroxylation is 2. The maximum atomic E-state index is 12.3. The van der Waals surface area contributed by atoms with Crippen molar-refractivity contribution in [3.05, 3.63) is 24.2 Å². The van der Waals surface area contributed by atoms with Crippen molar-refractivity contribution < 1.29 is 8.42 Å². The van der Waals surface area contributed by atoms with Gasteiger partial charge >= 0.3 is 0 Å². The van der Waals surface area contributed by atoms with Crippen molar-refractivity contribution in [2.45, 2.75) is 23.6 Å². The minimum atomic E-state index is -3.36. The third-order valence-corrected chi connectivity index (χ3v) is 6.42. The molecule has 116 valence electrons. The highest BCUT2D eigenvalue weighted by Gasteiger charge is 2.19. The zero-order chi connectivity index (χ0) is 15.6. The summed E-state index contributed by atoms with van der Waals surface area (Å²) in [7, 11) is -1.60. The van der Waals surface area contributed by atoms with Crippen LogP contribution in [0, 0.1) is 0 Å². The molecular formula is C12H14N6O2S2. The van der Waals surface area contributed by atoms with E-state index >= 15 is 0 Å². The third kappa shape index (κ3) is 3.12. The van der Waals surface area contributed by atoms with E-state index in [-0.39, 0.29) is 10.1 Å². The van der Waals surface area contributed by atoms with Gasteiger partial charge in [0.25, 0.3) is 0 Å². The second kappa shape index (κ2) is 6.05. The zero-order valence-corrected chi connectivity index (χ0v) is 13.5. The van der Waals surface area contributed by atoms with Gasteiger partial charge in [0.15, 0.2) is 5.82 Å². The maximum absolute atomic E-state index is 12.3. The molecule has 0 fully saturated rings. The first-order chi connectivity index (χ1) is 10.6. The van der Waals surface area contributed by atoms with E-state index in [0.717, 1.165) is 17.2 Å². The van der Waals surface area contributed by atoms with Crippen LogP contribution in [-0.2, 0) is 23.3 Å². The molecule has 10 heteroatoms. The average Bonchev–Trinajstić information content (AvgIpc) is 3.10. The van der Waals surface area contributed by atoms with E-state index in [1.54, 1.807) is 30.1 Å². The van der Waals surface area contributed by atoms with Gasteiger partial charge in [-0.3, -0.25) is 0 Å². The van der Waals surface area contributed by atoms with E-state index < -0.39 is 9.84 Å². The molecule has 0 saturated carbocycles. The standard InChI is InChI=1S/C12H14N6O2S2/c1-18-10(15-16-17-18)6-2-3-8-22(19,20)12-14-9-5-4-7-13-11(9)21-12/h4-5,7H,2-3,6,8H2,1H3. The molecule has 0 aliphatic carbocycles. The first-order valence-corrected chi connectivity index (χ1v) is 9.19. The highest BCUT2D eigenvalue weighted by atomic mass is 32.2. The van der Waals surface area contributed by atoms with E-state index in [0.29, 0.717) is 29.6 Å². The van der Waals surface area contributed by atoms with Crippen LogP contribution in [0.25, 0.3) is 10.3 Å². The van der Waals surface area contributed by atoms with Crippen molar-refractivity contribution in [1.82, 2.24) is 30.2 Å². The average molecular weight is 338 g/mol. The van der Waals surface area contributed by atoms with Crippen LogP contribution < -0.4 is 0 Å². The van der Waals surface area contributed by atoms with Crippen molar-refractivity contribution in [3.8, 4) is 0 Å². The van der Waals surface area contributed by atoms with Gasteiger partial charge in [0.2, 0.25) is 14.2 Å². The van der Waals surface area contributed by atoms with Crippen LogP contribution >= 0.6 is 11.3 Å². The lowest BCUT2D eigenvalue weighted by molar-refractivity contribution is 0.589. The molecule has 3 aromatic heterocycles. The van der Waals surface area contributed by atoms with Crippen molar-refractivity contribution >= 4 is 31.5 Å². The second-order valence-electron chi connectivity index (χ2n) is 4.80. The Hall–Kier alpha value is -1.94. The molecule has 0 aliphatic rings. The second-order valence-corrected chi connectivity index (χ2v) is 8.06. The molecule has 3 aromatic rings. The van der Waals surface area contributed by atoms with Crippen LogP contribution in [0.2, 0.25) is 0 Å². The largest absolute Gasteiger partial charge is 0.244 e. The molecule has 0 bridgehead atoms. The summed E-state index contributed by atoms with van der Waals surface area (Å²) in [5.74, 6) is 0.819. The van der Waals surface area contributed by atoms with Crippen LogP contribution in [0.1, 0.15) is 18.7 Å². The number of unbranched alkanes of at least 4 members (excludes halogenated alkanes) is 1. The van der Waals surface area contributed by atoms with Gasteiger partial charge in [0.05, 0.1) is 5.75 Å². The molecule has 0 N–H and O–H groups in total. The quantitative estimate of drug-likeness (QED) is 0.618. The lowest BCUT2D eigenvalue weighted by Crippen LogP contribution is -2.07. The Morgan fingerprint density at radius 1 is 1.32 bits per heavy atom. The summed E-state index contributed by atoms with van der Waals surface area (Å²) in [6.45, 7) is 0. The number of tetrazole rings is 1. The summed E-state index contributed by atoms with van der Waals surface area (Å²) < 4.78 is 26.3. The monoisotopic (exact) mass is 338 g/mol. The zero-order valence-electron chi connectivity index (χ0n) is 11.9. The molecule has 0 aliphatic heterocycles. The first kappa shape index (κ1) is 15.0. The van der Waals surface area contributed by atoms with Crippen LogP contribution in [0.3, 0.4) is 0 Å². The van der Waals surface area contributed by atoms with E-state index in [4.69, 9.17) is 0 Å². The Morgan fingerprint density at radius 2 is 2.18 bits per heavy atom. The van der Waals surface area contributed by atoms with E-state index in [1.807, 2.05) is 0 Å². The fourth-order valence-electron chi connectivity index (χ4n) is 2.01. The molecule has 0 spiro atoms. The number of fused-ring (bicyclic) bond motifs is 1. The van der Waals surface area contributed by atoms with Crippen LogP contribution in [0.5, 0.6) is 0 Å². The van der Waals surface area contributed by atoms with Crippen molar-refractivity contribution in [2.75, 3.05) is 5.75 Å². The number of nitrogens with zero attached hydrogens (tertiary/aromatic N) is 6. The van der Waals surface area contributed by atoms with Gasteiger partial charge in [0, 0.05) is 19.7 Å². The number of sulfone groups is 1. The van der Waals surface area contributed by atoms with Crippen LogP contribution in [0.4, 0.5) is 0 Å². The number of thiazole rings is 1. The molecule has 0 aromatic carbocycles. The predicted molar refractivity (Wildman–Crippen MR) is 81.2 cm³/mol. The fourth-order valence-corrected chi connectivity index (χ4v) is 4.64. The van der Waals surface area contributed by atoms with Crippen molar-refractivity contribution in [2.24, 2.45) is 7.05 Å². The van der Waals surface area contributed by atoms with Crippen LogP contribution in [-0.4, -0.2) is 44.3 Å². The molecule has 0 atom stereocenters. The number of rotatable bonds is 6. The highest BCUT2D eigenvalue weighted by molar-refractivity contribution is 7.93. The first-order valence-electron chi connectivity index (χ1n) is 6.72. The Bertz CT molecular complexity index is 853. The number of hydrogen-bond donors (Lipinski definition) is 0. The normalized spacial score (nSPS) is 12.0. The van der Waals surface area contributed by atoms with Crippen molar-refractivity contribution in [3.63, 3.8) is 0 Å². The number of aromatic nitrogens is 6. The molecular weight excluding hydrogens is 324 g/mol. The van der Waals surface area contributed by atoms with Crippen LogP contribution in [0.15, 0.2) is 22.7 Å². The summed E-state index contributed by atoms with van der Waals surface area (Å²) >= 11 is 1.12. The smallest absolute Gasteiger partial charge is 0.211 e. The van der Waals surface area contributed by atoms with E-state index in [9.17, 15) is 8.42 Å². The van der Waals surface area contributed by atoms with Gasteiger partial charge in [0.1, 0.15) is 10.3 Å². The number of pyridine rings is 1. The van der Waals surface area contributed by atoms with Crippen molar-refractivity contribution in [1.29, 1.82) is 0 Å². The van der Waals surface area contributed by atoms with Gasteiger partial charge in [-0.05, 0) is 35.4 Å². The van der Waals surface area contributed by atoms with E-state index in [1.165, 1.54) is 0 Å². The third-order valence-electron chi connectivity index (χ3n) is 3.18. The fraction of sp³-hybridized carbons (Fsp3) is 0.417. The number of hydrogen-bond acceptors (Lipinski definition) is 8. The molecule has 0 amide bonds. The van der Waals surface area contributed by atoms with Gasteiger partial charge in [-0.1, -0.05) is 11.3 Å². The minimum Gasteiger partial charge on any atom is -0.244 e. The summed E-state index contributed by atoms with van der Waals surface area (Å²) in [4.78, 5) is 8.93. The maximum Gasteiger partial charge on any atom is 0.211 e.